The van der Waals surface area contributed by atoms with E-state index in [2.05, 4.69) is 26.6 Å². The van der Waals surface area contributed by atoms with Gasteiger partial charge >= 0.3 is 18.1 Å². The molecular weight excluding hydrogens is 626 g/mol. The second-order valence-corrected chi connectivity index (χ2v) is 11.8. The predicted octanol–water partition coefficient (Wildman–Crippen LogP) is 6.45. The number of halogens is 1. The Morgan fingerprint density at radius 2 is 1.86 bits per heavy atom. The van der Waals surface area contributed by atoms with Crippen LogP contribution in [-0.2, 0) is 22.6 Å². The molecule has 2 aromatic carbocycles. The molecule has 0 radical (unpaired) electrons. The van der Waals surface area contributed by atoms with Crippen molar-refractivity contribution in [3.63, 3.8) is 0 Å². The maximum atomic E-state index is 13.3. The number of nitrogens with zero attached hydrogens (tertiary/aromatic N) is 1. The van der Waals surface area contributed by atoms with E-state index in [4.69, 9.17) is 14.2 Å². The van der Waals surface area contributed by atoms with Crippen molar-refractivity contribution >= 4 is 45.4 Å². The summed E-state index contributed by atoms with van der Waals surface area (Å²) in [6.45, 7) is 2.85. The van der Waals surface area contributed by atoms with Crippen molar-refractivity contribution in [2.24, 2.45) is 0 Å². The molecule has 0 saturated heterocycles. The first kappa shape index (κ1) is 31.2. The Morgan fingerprint density at radius 3 is 2.57 bits per heavy atom. The highest BCUT2D eigenvalue weighted by Crippen LogP contribution is 2.34. The normalized spacial score (nSPS) is 13.2. The summed E-state index contributed by atoms with van der Waals surface area (Å²) in [5, 5.41) is 17.1. The van der Waals surface area contributed by atoms with E-state index in [0.717, 1.165) is 27.8 Å². The molecule has 0 unspecified atom stereocenters. The number of aliphatic carboxylic acids is 1. The lowest BCUT2D eigenvalue weighted by Crippen LogP contribution is -2.46. The van der Waals surface area contributed by atoms with Crippen molar-refractivity contribution in [3.05, 3.63) is 80.5 Å². The Balaban J connectivity index is 1.39. The number of nitrogens with one attached hydrogen (secondary N) is 2. The quantitative estimate of drug-likeness (QED) is 0.181. The van der Waals surface area contributed by atoms with Crippen LogP contribution in [0.2, 0.25) is 0 Å². The molecule has 0 saturated carbocycles. The third-order valence-electron chi connectivity index (χ3n) is 6.60. The van der Waals surface area contributed by atoms with Crippen molar-refractivity contribution in [3.8, 4) is 11.5 Å². The third-order valence-corrected chi connectivity index (χ3v) is 7.99. The Hall–Kier alpha value is -3.77. The second kappa shape index (κ2) is 15.5. The molecule has 3 N–H and O–H groups in total. The summed E-state index contributed by atoms with van der Waals surface area (Å²) in [6.07, 6.45) is 1.47. The van der Waals surface area contributed by atoms with Crippen LogP contribution in [-0.4, -0.2) is 47.5 Å². The first-order valence-corrected chi connectivity index (χ1v) is 15.3. The van der Waals surface area contributed by atoms with E-state index in [1.165, 1.54) is 0 Å². The number of hydrogen-bond donors (Lipinski definition) is 3. The Morgan fingerprint density at radius 1 is 1.07 bits per heavy atom. The number of amides is 3. The number of urea groups is 1. The summed E-state index contributed by atoms with van der Waals surface area (Å²) in [6, 6.07) is 14.9. The monoisotopic (exact) mass is 659 g/mol. The van der Waals surface area contributed by atoms with E-state index in [1.54, 1.807) is 34.4 Å². The van der Waals surface area contributed by atoms with Crippen molar-refractivity contribution in [1.29, 1.82) is 0 Å². The third kappa shape index (κ3) is 9.38. The van der Waals surface area contributed by atoms with E-state index in [0.29, 0.717) is 36.6 Å². The molecule has 12 heteroatoms. The first-order valence-electron chi connectivity index (χ1n) is 13.7. The Kier molecular flexibility index (Phi) is 11.5. The van der Waals surface area contributed by atoms with Crippen molar-refractivity contribution in [2.45, 2.75) is 57.8 Å². The molecule has 2 heterocycles. The van der Waals surface area contributed by atoms with Gasteiger partial charge in [-0.1, -0.05) is 60.0 Å². The van der Waals surface area contributed by atoms with Gasteiger partial charge in [0, 0.05) is 15.9 Å². The van der Waals surface area contributed by atoms with Gasteiger partial charge in [0.1, 0.15) is 6.61 Å². The molecule has 3 aromatic rings. The lowest BCUT2D eigenvalue weighted by Gasteiger charge is -2.25. The molecule has 42 heavy (non-hydrogen) atoms. The van der Waals surface area contributed by atoms with Crippen LogP contribution in [0.1, 0.15) is 54.7 Å². The van der Waals surface area contributed by atoms with Gasteiger partial charge in [0.25, 0.3) is 0 Å². The number of carbonyl (C=O) groups is 3. The van der Waals surface area contributed by atoms with E-state index < -0.39 is 30.2 Å². The minimum atomic E-state index is -1.06. The van der Waals surface area contributed by atoms with Crippen LogP contribution >= 0.6 is 27.3 Å². The highest BCUT2D eigenvalue weighted by atomic mass is 79.9. The Labute approximate surface area is 257 Å². The molecule has 10 nitrogen and oxygen atoms in total. The summed E-state index contributed by atoms with van der Waals surface area (Å²) in [5.74, 6) is -0.00825. The molecule has 224 valence electrons. The number of thiophene rings is 1. The summed E-state index contributed by atoms with van der Waals surface area (Å²) >= 11 is 5.00. The minimum absolute atomic E-state index is 0.0266. The Bertz CT molecular complexity index is 1340. The molecule has 4 rings (SSSR count). The van der Waals surface area contributed by atoms with Gasteiger partial charge in [0.2, 0.25) is 6.79 Å². The second-order valence-electron chi connectivity index (χ2n) is 9.86. The van der Waals surface area contributed by atoms with Crippen LogP contribution in [0.25, 0.3) is 0 Å². The molecule has 0 spiro atoms. The minimum Gasteiger partial charge on any atom is -0.481 e. The molecule has 1 aromatic heterocycles. The van der Waals surface area contributed by atoms with Crippen molar-refractivity contribution in [2.75, 3.05) is 13.4 Å². The topological polar surface area (TPSA) is 126 Å². The smallest absolute Gasteiger partial charge is 0.410 e. The lowest BCUT2D eigenvalue weighted by molar-refractivity contribution is -0.137. The van der Waals surface area contributed by atoms with Crippen molar-refractivity contribution < 1.29 is 33.7 Å². The number of carboxylic acid groups (broad SMARTS) is 1. The zero-order valence-electron chi connectivity index (χ0n) is 23.2. The van der Waals surface area contributed by atoms with Gasteiger partial charge in [0.15, 0.2) is 11.5 Å². The number of hydrogen-bond acceptors (Lipinski definition) is 7. The molecule has 1 aliphatic heterocycles. The number of unbranched alkanes of at least 4 members (excludes halogenated alkanes) is 1. The summed E-state index contributed by atoms with van der Waals surface area (Å²) < 4.78 is 17.4. The van der Waals surface area contributed by atoms with Crippen LogP contribution in [0.5, 0.6) is 11.5 Å². The van der Waals surface area contributed by atoms with Crippen LogP contribution in [0.4, 0.5) is 9.59 Å². The van der Waals surface area contributed by atoms with Gasteiger partial charge in [-0.25, -0.2) is 9.59 Å². The van der Waals surface area contributed by atoms with E-state index in [9.17, 15) is 19.5 Å². The van der Waals surface area contributed by atoms with Crippen LogP contribution in [0.3, 0.4) is 0 Å². The average Bonchev–Trinajstić information content (AvgIpc) is 3.66. The zero-order valence-corrected chi connectivity index (χ0v) is 25.6. The fourth-order valence-corrected chi connectivity index (χ4v) is 5.42. The van der Waals surface area contributed by atoms with Gasteiger partial charge < -0.3 is 30.0 Å². The lowest BCUT2D eigenvalue weighted by atomic mass is 10.0. The fraction of sp³-hybridized carbons (Fsp3) is 0.367. The van der Waals surface area contributed by atoms with Crippen LogP contribution in [0, 0.1) is 0 Å². The summed E-state index contributed by atoms with van der Waals surface area (Å²) in [7, 11) is 0. The van der Waals surface area contributed by atoms with Crippen LogP contribution < -0.4 is 20.1 Å². The van der Waals surface area contributed by atoms with Crippen molar-refractivity contribution in [1.82, 2.24) is 15.5 Å². The van der Waals surface area contributed by atoms with Gasteiger partial charge in [-0.05, 0) is 53.3 Å². The highest BCUT2D eigenvalue weighted by molar-refractivity contribution is 9.10. The van der Waals surface area contributed by atoms with Gasteiger partial charge in [-0.2, -0.15) is 0 Å². The number of rotatable bonds is 14. The molecular formula is C30H34BrN3O7S. The van der Waals surface area contributed by atoms with E-state index >= 15 is 0 Å². The fourth-order valence-electron chi connectivity index (χ4n) is 4.44. The number of carbonyl (C=O) groups excluding carboxylic acids is 2. The zero-order chi connectivity index (χ0) is 29.9. The average molecular weight is 661 g/mol. The molecule has 1 aliphatic rings. The molecule has 0 fully saturated rings. The van der Waals surface area contributed by atoms with Gasteiger partial charge in [-0.15, -0.1) is 11.3 Å². The maximum Gasteiger partial charge on any atom is 0.410 e. The number of benzene rings is 2. The molecule has 0 bridgehead atoms. The summed E-state index contributed by atoms with van der Waals surface area (Å²) in [5.41, 5.74) is 1.53. The van der Waals surface area contributed by atoms with E-state index in [1.807, 2.05) is 48.7 Å². The predicted molar refractivity (Wildman–Crippen MR) is 162 cm³/mol. The number of ether oxygens (including phenoxy) is 3. The molecule has 3 amide bonds. The number of fused-ring (bicyclic) bond motifs is 1. The van der Waals surface area contributed by atoms with Gasteiger partial charge in [0.05, 0.1) is 25.0 Å². The van der Waals surface area contributed by atoms with Crippen LogP contribution in [0.15, 0.2) is 64.5 Å². The first-order chi connectivity index (χ1) is 20.3. The number of carboxylic acids is 1. The largest absolute Gasteiger partial charge is 0.481 e. The maximum absolute atomic E-state index is 13.3. The molecule has 2 atom stereocenters. The SMILES string of the molecule is CCCC[C@@H](COC(=O)N(Cc1ccc(Br)cc1)Cc1cccs1)NC(=O)N[C@@H](CC(=O)O)c1ccc2c(c1)OCO2. The standard InChI is InChI=1S/C30H34BrN3O7S/c1-2-3-5-23(32-29(37)33-25(15-28(35)36)21-9-12-26-27(14-21)41-19-40-26)18-39-30(38)34(17-24-6-4-13-42-24)16-20-7-10-22(31)11-8-20/h4,6-14,23,25H,2-3,5,15-19H2,1H3,(H,35,36)(H2,32,33,37)/t23-,25-/m0/s1. The summed E-state index contributed by atoms with van der Waals surface area (Å²) in [4.78, 5) is 40.5. The highest BCUT2D eigenvalue weighted by Gasteiger charge is 2.24. The van der Waals surface area contributed by atoms with Gasteiger partial charge in [-0.3, -0.25) is 9.69 Å². The molecule has 0 aliphatic carbocycles. The van der Waals surface area contributed by atoms with E-state index in [-0.39, 0.29) is 19.8 Å².